The minimum absolute atomic E-state index is 0.529. The average Bonchev–Trinajstić information content (AvgIpc) is 2.40. The van der Waals surface area contributed by atoms with E-state index in [0.717, 1.165) is 41.6 Å². The molecule has 3 nitrogen and oxygen atoms in total. The van der Waals surface area contributed by atoms with Crippen molar-refractivity contribution < 1.29 is 4.73 Å². The molecule has 3 rings (SSSR count). The Morgan fingerprint density at radius 2 is 1.94 bits per heavy atom. The van der Waals surface area contributed by atoms with E-state index in [1.807, 2.05) is 24.3 Å². The second kappa shape index (κ2) is 4.34. The summed E-state index contributed by atoms with van der Waals surface area (Å²) in [6.07, 6.45) is 4.00. The van der Waals surface area contributed by atoms with E-state index in [1.165, 1.54) is 5.56 Å². The van der Waals surface area contributed by atoms with Crippen molar-refractivity contribution in [1.29, 1.82) is 0 Å². The van der Waals surface area contributed by atoms with E-state index in [2.05, 4.69) is 11.4 Å². The summed E-state index contributed by atoms with van der Waals surface area (Å²) in [7, 11) is 0. The summed E-state index contributed by atoms with van der Waals surface area (Å²) in [4.78, 5) is 0. The Morgan fingerprint density at radius 3 is 2.76 bits per heavy atom. The van der Waals surface area contributed by atoms with Crippen molar-refractivity contribution in [2.75, 3.05) is 13.1 Å². The standard InChI is InChI=1S/C14H16N2O/c17-16-10-13(11-5-7-15-8-6-11)9-12-3-1-2-4-14(12)16/h1-4,9-11,15H,5-8H2. The number of fused-ring (bicyclic) bond motifs is 1. The first kappa shape index (κ1) is 10.5. The lowest BCUT2D eigenvalue weighted by Gasteiger charge is -2.22. The smallest absolute Gasteiger partial charge is 0.223 e. The summed E-state index contributed by atoms with van der Waals surface area (Å²) in [5.74, 6) is 0.529. The van der Waals surface area contributed by atoms with Crippen molar-refractivity contribution in [3.05, 3.63) is 47.3 Å². The van der Waals surface area contributed by atoms with E-state index >= 15 is 0 Å². The molecule has 17 heavy (non-hydrogen) atoms. The van der Waals surface area contributed by atoms with Gasteiger partial charge in [-0.05, 0) is 44.0 Å². The number of rotatable bonds is 1. The number of pyridine rings is 1. The van der Waals surface area contributed by atoms with Crippen LogP contribution in [0.25, 0.3) is 10.9 Å². The number of hydrogen-bond acceptors (Lipinski definition) is 2. The highest BCUT2D eigenvalue weighted by Crippen LogP contribution is 2.26. The van der Waals surface area contributed by atoms with Crippen LogP contribution in [0.4, 0.5) is 0 Å². The van der Waals surface area contributed by atoms with Crippen LogP contribution >= 0.6 is 0 Å². The molecule has 0 aliphatic carbocycles. The highest BCUT2D eigenvalue weighted by Gasteiger charge is 2.18. The summed E-state index contributed by atoms with van der Waals surface area (Å²) in [5, 5.41) is 16.3. The Morgan fingerprint density at radius 1 is 1.18 bits per heavy atom. The molecule has 0 radical (unpaired) electrons. The van der Waals surface area contributed by atoms with Crippen molar-refractivity contribution in [2.24, 2.45) is 0 Å². The molecule has 1 fully saturated rings. The average molecular weight is 228 g/mol. The van der Waals surface area contributed by atoms with Crippen LogP contribution in [0.3, 0.4) is 0 Å². The van der Waals surface area contributed by atoms with E-state index in [9.17, 15) is 5.21 Å². The molecule has 1 aromatic heterocycles. The van der Waals surface area contributed by atoms with E-state index in [0.29, 0.717) is 5.92 Å². The molecule has 0 atom stereocenters. The highest BCUT2D eigenvalue weighted by atomic mass is 16.5. The van der Waals surface area contributed by atoms with Crippen molar-refractivity contribution in [2.45, 2.75) is 18.8 Å². The van der Waals surface area contributed by atoms with Crippen LogP contribution in [0.15, 0.2) is 36.5 Å². The molecular weight excluding hydrogens is 212 g/mol. The zero-order valence-corrected chi connectivity index (χ0v) is 9.73. The third-order valence-corrected chi connectivity index (χ3v) is 3.57. The van der Waals surface area contributed by atoms with Gasteiger partial charge in [-0.2, -0.15) is 4.73 Å². The summed E-state index contributed by atoms with van der Waals surface area (Å²) >= 11 is 0. The second-order valence-electron chi connectivity index (χ2n) is 4.68. The maximum absolute atomic E-state index is 11.9. The van der Waals surface area contributed by atoms with Crippen LogP contribution in [0.2, 0.25) is 0 Å². The number of nitrogens with zero attached hydrogens (tertiary/aromatic N) is 1. The molecule has 1 aliphatic heterocycles. The van der Waals surface area contributed by atoms with Gasteiger partial charge in [0, 0.05) is 17.0 Å². The topological polar surface area (TPSA) is 39.0 Å². The molecule has 1 aliphatic rings. The number of aromatic nitrogens is 1. The summed E-state index contributed by atoms with van der Waals surface area (Å²) in [6, 6.07) is 9.93. The van der Waals surface area contributed by atoms with E-state index in [1.54, 1.807) is 6.20 Å². The molecule has 3 heteroatoms. The van der Waals surface area contributed by atoms with Gasteiger partial charge < -0.3 is 10.5 Å². The van der Waals surface area contributed by atoms with Gasteiger partial charge in [-0.15, -0.1) is 0 Å². The molecule has 88 valence electrons. The molecule has 2 aromatic rings. The van der Waals surface area contributed by atoms with E-state index in [4.69, 9.17) is 0 Å². The number of nitrogens with one attached hydrogen (secondary N) is 1. The number of para-hydroxylation sites is 1. The third-order valence-electron chi connectivity index (χ3n) is 3.57. The predicted octanol–water partition coefficient (Wildman–Crippen LogP) is 1.94. The van der Waals surface area contributed by atoms with Crippen LogP contribution in [-0.4, -0.2) is 13.1 Å². The number of piperidine rings is 1. The molecule has 0 amide bonds. The van der Waals surface area contributed by atoms with Crippen molar-refractivity contribution in [3.8, 4) is 0 Å². The summed E-state index contributed by atoms with van der Waals surface area (Å²) in [6.45, 7) is 2.10. The molecule has 1 N–H and O–H groups in total. The van der Waals surface area contributed by atoms with Gasteiger partial charge in [0.15, 0.2) is 6.20 Å². The molecule has 0 bridgehead atoms. The molecule has 0 saturated carbocycles. The number of hydrogen-bond donors (Lipinski definition) is 1. The maximum atomic E-state index is 11.9. The Hall–Kier alpha value is -1.61. The molecule has 0 spiro atoms. The SMILES string of the molecule is [O-][n+]1cc(C2CCNCC2)cc2ccccc21. The van der Waals surface area contributed by atoms with Gasteiger partial charge >= 0.3 is 0 Å². The zero-order valence-electron chi connectivity index (χ0n) is 9.73. The van der Waals surface area contributed by atoms with Crippen LogP contribution in [-0.2, 0) is 0 Å². The maximum Gasteiger partial charge on any atom is 0.223 e. The van der Waals surface area contributed by atoms with Crippen LogP contribution in [0.1, 0.15) is 24.3 Å². The lowest BCUT2D eigenvalue weighted by Crippen LogP contribution is -2.30. The summed E-state index contributed by atoms with van der Waals surface area (Å²) < 4.78 is 1.01. The molecule has 2 heterocycles. The molecule has 1 aromatic carbocycles. The van der Waals surface area contributed by atoms with Crippen molar-refractivity contribution in [3.63, 3.8) is 0 Å². The fraction of sp³-hybridized carbons (Fsp3) is 0.357. The van der Waals surface area contributed by atoms with Crippen LogP contribution in [0, 0.1) is 5.21 Å². The van der Waals surface area contributed by atoms with Crippen LogP contribution < -0.4 is 10.0 Å². The lowest BCUT2D eigenvalue weighted by molar-refractivity contribution is -0.577. The minimum Gasteiger partial charge on any atom is -0.618 e. The highest BCUT2D eigenvalue weighted by molar-refractivity contribution is 5.76. The van der Waals surface area contributed by atoms with Crippen molar-refractivity contribution >= 4 is 10.9 Å². The summed E-state index contributed by atoms with van der Waals surface area (Å²) in [5.41, 5.74) is 1.94. The quantitative estimate of drug-likeness (QED) is 0.598. The largest absolute Gasteiger partial charge is 0.618 e. The van der Waals surface area contributed by atoms with Gasteiger partial charge in [0.05, 0.1) is 0 Å². The zero-order chi connectivity index (χ0) is 11.7. The number of benzene rings is 1. The first-order valence-electron chi connectivity index (χ1n) is 6.17. The van der Waals surface area contributed by atoms with Gasteiger partial charge in [0.25, 0.3) is 0 Å². The minimum atomic E-state index is 0.529. The Kier molecular flexibility index (Phi) is 2.69. The first-order chi connectivity index (χ1) is 8.34. The van der Waals surface area contributed by atoms with Gasteiger partial charge in [-0.1, -0.05) is 12.1 Å². The van der Waals surface area contributed by atoms with Crippen molar-refractivity contribution in [1.82, 2.24) is 5.32 Å². The Labute approximate surface area is 101 Å². The molecule has 0 unspecified atom stereocenters. The monoisotopic (exact) mass is 228 g/mol. The van der Waals surface area contributed by atoms with Gasteiger partial charge in [-0.3, -0.25) is 0 Å². The molecule has 1 saturated heterocycles. The van der Waals surface area contributed by atoms with Crippen LogP contribution in [0.5, 0.6) is 0 Å². The fourth-order valence-electron chi connectivity index (χ4n) is 2.61. The van der Waals surface area contributed by atoms with E-state index < -0.39 is 0 Å². The van der Waals surface area contributed by atoms with Gasteiger partial charge in [0.2, 0.25) is 5.52 Å². The first-order valence-corrected chi connectivity index (χ1v) is 6.17. The fourth-order valence-corrected chi connectivity index (χ4v) is 2.61. The van der Waals surface area contributed by atoms with E-state index in [-0.39, 0.29) is 0 Å². The van der Waals surface area contributed by atoms with Gasteiger partial charge in [0.1, 0.15) is 0 Å². The second-order valence-corrected chi connectivity index (χ2v) is 4.68. The Balaban J connectivity index is 2.05. The third kappa shape index (κ3) is 1.98. The lowest BCUT2D eigenvalue weighted by atomic mass is 9.91. The van der Waals surface area contributed by atoms with Gasteiger partial charge in [-0.25, -0.2) is 0 Å². The predicted molar refractivity (Wildman–Crippen MR) is 67.8 cm³/mol. The molecular formula is C14H16N2O. The Bertz CT molecular complexity index is 533. The normalized spacial score (nSPS) is 17.4.